The molecule has 3 rings (SSSR count). The van der Waals surface area contributed by atoms with Gasteiger partial charge in [-0.1, -0.05) is 24.3 Å². The number of amides is 2. The van der Waals surface area contributed by atoms with Gasteiger partial charge in [-0.25, -0.2) is 0 Å². The van der Waals surface area contributed by atoms with Gasteiger partial charge in [-0.15, -0.1) is 11.8 Å². The third-order valence-corrected chi connectivity index (χ3v) is 4.87. The second kappa shape index (κ2) is 8.07. The van der Waals surface area contributed by atoms with Crippen LogP contribution in [-0.2, 0) is 9.59 Å². The number of hydrogen-bond donors (Lipinski definition) is 2. The predicted molar refractivity (Wildman–Crippen MR) is 98.9 cm³/mol. The molecule has 5 nitrogen and oxygen atoms in total. The minimum Gasteiger partial charge on any atom is -0.482 e. The maximum atomic E-state index is 12.1. The zero-order valence-corrected chi connectivity index (χ0v) is 14.8. The van der Waals surface area contributed by atoms with Gasteiger partial charge in [-0.3, -0.25) is 9.59 Å². The van der Waals surface area contributed by atoms with E-state index < -0.39 is 0 Å². The van der Waals surface area contributed by atoms with E-state index in [2.05, 4.69) is 10.6 Å². The van der Waals surface area contributed by atoms with Crippen LogP contribution in [-0.4, -0.2) is 24.2 Å². The van der Waals surface area contributed by atoms with Crippen molar-refractivity contribution >= 4 is 29.3 Å². The average Bonchev–Trinajstić information content (AvgIpc) is 2.62. The van der Waals surface area contributed by atoms with Gasteiger partial charge in [-0.05, 0) is 36.8 Å². The molecule has 6 heteroatoms. The molecule has 2 aromatic carbocycles. The number of hydrogen-bond acceptors (Lipinski definition) is 4. The molecule has 0 aromatic heterocycles. The topological polar surface area (TPSA) is 67.4 Å². The van der Waals surface area contributed by atoms with E-state index in [0.29, 0.717) is 17.9 Å². The largest absolute Gasteiger partial charge is 0.482 e. The zero-order valence-electron chi connectivity index (χ0n) is 14.0. The molecule has 1 aliphatic rings. The first-order valence-corrected chi connectivity index (χ1v) is 9.14. The normalized spacial score (nSPS) is 14.0. The number of thioether (sulfide) groups is 1. The number of benzene rings is 2. The SMILES string of the molecule is C[C@@H](NC(=O)CCSc1ccccc1)c1ccc2c(c1)NC(=O)CO2. The van der Waals surface area contributed by atoms with E-state index in [0.717, 1.165) is 16.2 Å². The van der Waals surface area contributed by atoms with Crippen molar-refractivity contribution in [2.45, 2.75) is 24.3 Å². The summed E-state index contributed by atoms with van der Waals surface area (Å²) in [4.78, 5) is 24.7. The van der Waals surface area contributed by atoms with Crippen molar-refractivity contribution in [2.75, 3.05) is 17.7 Å². The van der Waals surface area contributed by atoms with Gasteiger partial charge in [0.2, 0.25) is 5.91 Å². The Kier molecular flexibility index (Phi) is 5.60. The molecule has 0 unspecified atom stereocenters. The van der Waals surface area contributed by atoms with Gasteiger partial charge in [0.25, 0.3) is 5.91 Å². The summed E-state index contributed by atoms with van der Waals surface area (Å²) >= 11 is 1.67. The number of anilines is 1. The molecule has 0 saturated carbocycles. The molecule has 2 aromatic rings. The van der Waals surface area contributed by atoms with Gasteiger partial charge in [0.15, 0.2) is 6.61 Å². The van der Waals surface area contributed by atoms with Gasteiger partial charge < -0.3 is 15.4 Å². The van der Waals surface area contributed by atoms with Crippen LogP contribution in [0.3, 0.4) is 0 Å². The third kappa shape index (κ3) is 4.76. The van der Waals surface area contributed by atoms with E-state index in [1.54, 1.807) is 11.8 Å². The predicted octanol–water partition coefficient (Wildman–Crippen LogP) is 3.38. The quantitative estimate of drug-likeness (QED) is 0.779. The summed E-state index contributed by atoms with van der Waals surface area (Å²) in [6.45, 7) is 1.97. The number of ether oxygens (including phenoxy) is 1. The molecule has 0 bridgehead atoms. The van der Waals surface area contributed by atoms with Crippen molar-refractivity contribution in [1.29, 1.82) is 0 Å². The van der Waals surface area contributed by atoms with Crippen LogP contribution in [0.4, 0.5) is 5.69 Å². The minimum absolute atomic E-state index is 0.00828. The standard InChI is InChI=1S/C19H20N2O3S/c1-13(14-7-8-17-16(11-14)21-19(23)12-24-17)20-18(22)9-10-25-15-5-3-2-4-6-15/h2-8,11,13H,9-10,12H2,1H3,(H,20,22)(H,21,23)/t13-/m1/s1. The van der Waals surface area contributed by atoms with Gasteiger partial charge in [0.1, 0.15) is 5.75 Å². The van der Waals surface area contributed by atoms with Crippen LogP contribution >= 0.6 is 11.8 Å². The Bertz CT molecular complexity index is 765. The summed E-state index contributed by atoms with van der Waals surface area (Å²) in [6.07, 6.45) is 0.453. The Morgan fingerprint density at radius 3 is 2.88 bits per heavy atom. The van der Waals surface area contributed by atoms with E-state index in [9.17, 15) is 9.59 Å². The highest BCUT2D eigenvalue weighted by Crippen LogP contribution is 2.30. The number of carbonyl (C=O) groups is 2. The summed E-state index contributed by atoms with van der Waals surface area (Å²) in [7, 11) is 0. The number of rotatable bonds is 6. The summed E-state index contributed by atoms with van der Waals surface area (Å²) in [5, 5.41) is 5.78. The molecule has 0 fully saturated rings. The maximum Gasteiger partial charge on any atom is 0.262 e. The van der Waals surface area contributed by atoms with E-state index in [1.807, 2.05) is 55.5 Å². The van der Waals surface area contributed by atoms with Crippen molar-refractivity contribution in [3.05, 3.63) is 54.1 Å². The van der Waals surface area contributed by atoms with E-state index in [4.69, 9.17) is 4.74 Å². The Morgan fingerprint density at radius 1 is 1.28 bits per heavy atom. The number of carbonyl (C=O) groups excluding carboxylic acids is 2. The number of nitrogens with one attached hydrogen (secondary N) is 2. The van der Waals surface area contributed by atoms with Gasteiger partial charge in [0, 0.05) is 17.1 Å². The zero-order chi connectivity index (χ0) is 17.6. The first-order chi connectivity index (χ1) is 12.1. The third-order valence-electron chi connectivity index (χ3n) is 3.86. The Morgan fingerprint density at radius 2 is 2.08 bits per heavy atom. The van der Waals surface area contributed by atoms with Crippen molar-refractivity contribution in [3.8, 4) is 5.75 Å². The second-order valence-corrected chi connectivity index (χ2v) is 6.96. The Hall–Kier alpha value is -2.47. The average molecular weight is 356 g/mol. The van der Waals surface area contributed by atoms with Crippen LogP contribution in [0.15, 0.2) is 53.4 Å². The Balaban J connectivity index is 1.51. The van der Waals surface area contributed by atoms with E-state index in [-0.39, 0.29) is 24.5 Å². The fourth-order valence-corrected chi connectivity index (χ4v) is 3.42. The van der Waals surface area contributed by atoms with Crippen LogP contribution in [0.25, 0.3) is 0 Å². The molecule has 0 radical (unpaired) electrons. The fraction of sp³-hybridized carbons (Fsp3) is 0.263. The summed E-state index contributed by atoms with van der Waals surface area (Å²) in [5.74, 6) is 1.23. The lowest BCUT2D eigenvalue weighted by Gasteiger charge is -2.21. The molecule has 25 heavy (non-hydrogen) atoms. The first-order valence-electron chi connectivity index (χ1n) is 8.15. The molecule has 2 N–H and O–H groups in total. The summed E-state index contributed by atoms with van der Waals surface area (Å²) < 4.78 is 5.34. The van der Waals surface area contributed by atoms with Crippen molar-refractivity contribution in [3.63, 3.8) is 0 Å². The molecule has 0 saturated heterocycles. The van der Waals surface area contributed by atoms with Gasteiger partial charge in [-0.2, -0.15) is 0 Å². The Labute approximate surface area is 151 Å². The first kappa shape index (κ1) is 17.4. The molecular weight excluding hydrogens is 336 g/mol. The highest BCUT2D eigenvalue weighted by atomic mass is 32.2. The monoisotopic (exact) mass is 356 g/mol. The number of fused-ring (bicyclic) bond motifs is 1. The van der Waals surface area contributed by atoms with Crippen LogP contribution in [0.2, 0.25) is 0 Å². The molecule has 0 spiro atoms. The van der Waals surface area contributed by atoms with Crippen LogP contribution < -0.4 is 15.4 Å². The summed E-state index contributed by atoms with van der Waals surface area (Å²) in [5.41, 5.74) is 1.57. The maximum absolute atomic E-state index is 12.1. The molecule has 130 valence electrons. The summed E-state index contributed by atoms with van der Waals surface area (Å²) in [6, 6.07) is 15.5. The lowest BCUT2D eigenvalue weighted by Crippen LogP contribution is -2.28. The van der Waals surface area contributed by atoms with Crippen LogP contribution in [0.5, 0.6) is 5.75 Å². The van der Waals surface area contributed by atoms with Crippen molar-refractivity contribution < 1.29 is 14.3 Å². The van der Waals surface area contributed by atoms with Gasteiger partial charge >= 0.3 is 0 Å². The molecule has 0 aliphatic carbocycles. The highest BCUT2D eigenvalue weighted by molar-refractivity contribution is 7.99. The molecule has 1 heterocycles. The molecule has 1 atom stereocenters. The molecule has 2 amide bonds. The molecule has 1 aliphatic heterocycles. The fourth-order valence-electron chi connectivity index (χ4n) is 2.55. The molecular formula is C19H20N2O3S. The lowest BCUT2D eigenvalue weighted by molar-refractivity contribution is -0.121. The van der Waals surface area contributed by atoms with Crippen molar-refractivity contribution in [2.24, 2.45) is 0 Å². The smallest absolute Gasteiger partial charge is 0.262 e. The second-order valence-electron chi connectivity index (χ2n) is 5.79. The van der Waals surface area contributed by atoms with Gasteiger partial charge in [0.05, 0.1) is 11.7 Å². The van der Waals surface area contributed by atoms with E-state index in [1.165, 1.54) is 0 Å². The van der Waals surface area contributed by atoms with E-state index >= 15 is 0 Å². The van der Waals surface area contributed by atoms with Crippen LogP contribution in [0.1, 0.15) is 24.9 Å². The van der Waals surface area contributed by atoms with Crippen LogP contribution in [0, 0.1) is 0 Å². The highest BCUT2D eigenvalue weighted by Gasteiger charge is 2.18. The lowest BCUT2D eigenvalue weighted by atomic mass is 10.1. The van der Waals surface area contributed by atoms with Crippen molar-refractivity contribution in [1.82, 2.24) is 5.32 Å². The minimum atomic E-state index is -0.167.